The fourth-order valence-corrected chi connectivity index (χ4v) is 11.6. The van der Waals surface area contributed by atoms with Crippen LogP contribution in [0.25, 0.3) is 33.8 Å². The van der Waals surface area contributed by atoms with Gasteiger partial charge in [0, 0.05) is 53.5 Å². The number of rotatable bonds is 14. The quantitative estimate of drug-likeness (QED) is 0.0824. The molecule has 69 heavy (non-hydrogen) atoms. The Hall–Kier alpha value is -5.65. The molecule has 11 rings (SSSR count). The number of nitrogens with zero attached hydrogens (tertiary/aromatic N) is 6. The van der Waals surface area contributed by atoms with Gasteiger partial charge in [0.1, 0.15) is 16.2 Å². The van der Waals surface area contributed by atoms with Gasteiger partial charge < -0.3 is 26.0 Å². The van der Waals surface area contributed by atoms with Gasteiger partial charge in [-0.25, -0.2) is 23.4 Å². The van der Waals surface area contributed by atoms with E-state index in [0.717, 1.165) is 99.6 Å². The molecule has 0 unspecified atom stereocenters. The molecule has 0 bridgehead atoms. The van der Waals surface area contributed by atoms with Gasteiger partial charge in [-0.1, -0.05) is 12.1 Å². The molecule has 4 N–H and O–H groups in total. The normalized spacial score (nSPS) is 16.5. The first kappa shape index (κ1) is 47.0. The standard InChI is InChI=1S/C29H30FN5O2S.C23H26BrN5OS/c1-18-14-20(2-9-24(18)29(36)33-22-5-6-22)26-17-32-28-25(31-16-19-10-12-38-13-11-19)15-27(34-35(26)28)37-23-7-3-21(30)4-8-23;1-14-10-16(2-5-18(14)23(30)27-17-3-4-17)20-13-26-22-19(11-21(24)28-29(20)22)25-12-15-6-8-31-9-7-15/h2-4,7-9,14-15,17,19,22,31H,5-6,10-13,16H2,1H3,(H,33,36);2,5,10-11,13,15,17,25H,3-4,6-9,12H2,1H3,(H,27,30). The van der Waals surface area contributed by atoms with Crippen LogP contribution in [0.1, 0.15) is 83.2 Å². The first-order chi connectivity index (χ1) is 33.6. The molecule has 4 aromatic heterocycles. The van der Waals surface area contributed by atoms with Gasteiger partial charge in [-0.2, -0.15) is 28.6 Å². The number of fused-ring (bicyclic) bond motifs is 2. The zero-order valence-electron chi connectivity index (χ0n) is 38.8. The highest BCUT2D eigenvalue weighted by atomic mass is 79.9. The number of amides is 2. The van der Waals surface area contributed by atoms with Crippen LogP contribution >= 0.6 is 39.5 Å². The van der Waals surface area contributed by atoms with Crippen LogP contribution in [-0.4, -0.2) is 89.2 Å². The minimum atomic E-state index is -0.324. The average Bonchev–Trinajstić information content (AvgIpc) is 4.28. The van der Waals surface area contributed by atoms with E-state index in [4.69, 9.17) is 14.8 Å². The van der Waals surface area contributed by atoms with Gasteiger partial charge in [0.05, 0.1) is 35.2 Å². The maximum Gasteiger partial charge on any atom is 0.251 e. The van der Waals surface area contributed by atoms with Crippen molar-refractivity contribution in [2.75, 3.05) is 46.7 Å². The van der Waals surface area contributed by atoms with Crippen LogP contribution in [0, 0.1) is 31.5 Å². The van der Waals surface area contributed by atoms with Crippen LogP contribution in [0.2, 0.25) is 0 Å². The topological polar surface area (TPSA) is 152 Å². The van der Waals surface area contributed by atoms with Gasteiger partial charge in [0.25, 0.3) is 11.8 Å². The molecule has 2 saturated heterocycles. The van der Waals surface area contributed by atoms with Crippen molar-refractivity contribution in [2.24, 2.45) is 11.8 Å². The van der Waals surface area contributed by atoms with Crippen molar-refractivity contribution in [3.05, 3.63) is 118 Å². The van der Waals surface area contributed by atoms with E-state index in [2.05, 4.69) is 47.3 Å². The molecule has 4 fully saturated rings. The Morgan fingerprint density at radius 2 is 1.13 bits per heavy atom. The fraction of sp³-hybridized carbons (Fsp3) is 0.385. The maximum atomic E-state index is 13.4. The number of imidazole rings is 2. The number of aryl methyl sites for hydroxylation is 2. The minimum Gasteiger partial charge on any atom is -0.438 e. The van der Waals surface area contributed by atoms with Gasteiger partial charge in [0.2, 0.25) is 5.88 Å². The number of halogens is 2. The van der Waals surface area contributed by atoms with Crippen molar-refractivity contribution in [2.45, 2.75) is 77.3 Å². The van der Waals surface area contributed by atoms with Gasteiger partial charge >= 0.3 is 0 Å². The Bertz CT molecular complexity index is 2980. The molecular weight excluding hydrogens is 976 g/mol. The van der Waals surface area contributed by atoms with E-state index in [1.807, 2.05) is 96.6 Å². The zero-order valence-corrected chi connectivity index (χ0v) is 42.0. The lowest BCUT2D eigenvalue weighted by Crippen LogP contribution is -2.26. The minimum absolute atomic E-state index is 0.0122. The summed E-state index contributed by atoms with van der Waals surface area (Å²) in [4.78, 5) is 34.5. The van der Waals surface area contributed by atoms with E-state index in [9.17, 15) is 14.0 Å². The molecular formula is C52H56BrFN10O3S2. The SMILES string of the molecule is Cc1cc(-c2cnc3c(NCC4CCSCC4)cc(Br)nn23)ccc1C(=O)NC1CC1.Cc1cc(-c2cnc3c(NCC4CCSCC4)cc(Oc4ccc(F)cc4)nn23)ccc1C(=O)NC1CC1. The van der Waals surface area contributed by atoms with Crippen molar-refractivity contribution in [3.8, 4) is 34.1 Å². The molecule has 2 aliphatic heterocycles. The van der Waals surface area contributed by atoms with Crippen LogP contribution in [0.15, 0.2) is 89.8 Å². The third-order valence-electron chi connectivity index (χ3n) is 13.1. The summed E-state index contributed by atoms with van der Waals surface area (Å²) in [6.07, 6.45) is 12.8. The number of aromatic nitrogens is 6. The number of ether oxygens (including phenoxy) is 1. The predicted octanol–water partition coefficient (Wildman–Crippen LogP) is 11.0. The van der Waals surface area contributed by atoms with E-state index in [1.165, 1.54) is 60.8 Å². The number of carbonyl (C=O) groups excluding carboxylic acids is 2. The van der Waals surface area contributed by atoms with E-state index >= 15 is 0 Å². The van der Waals surface area contributed by atoms with Crippen molar-refractivity contribution in [1.29, 1.82) is 0 Å². The van der Waals surface area contributed by atoms with Crippen LogP contribution in [0.4, 0.5) is 15.8 Å². The fourth-order valence-electron chi connectivity index (χ4n) is 8.76. The molecule has 17 heteroatoms. The Morgan fingerprint density at radius 3 is 1.61 bits per heavy atom. The van der Waals surface area contributed by atoms with Crippen LogP contribution < -0.4 is 26.0 Å². The third kappa shape index (κ3) is 11.5. The monoisotopic (exact) mass is 1030 g/mol. The van der Waals surface area contributed by atoms with Crippen molar-refractivity contribution >= 4 is 73.9 Å². The molecule has 2 saturated carbocycles. The average molecular weight is 1030 g/mol. The second-order valence-corrected chi connectivity index (χ2v) is 21.8. The zero-order chi connectivity index (χ0) is 47.4. The van der Waals surface area contributed by atoms with Crippen LogP contribution in [0.3, 0.4) is 0 Å². The molecule has 2 aliphatic carbocycles. The highest BCUT2D eigenvalue weighted by molar-refractivity contribution is 9.10. The first-order valence-corrected chi connectivity index (χ1v) is 27.1. The molecule has 0 radical (unpaired) electrons. The summed E-state index contributed by atoms with van der Waals surface area (Å²) in [5.41, 5.74) is 10.2. The van der Waals surface area contributed by atoms with Crippen LogP contribution in [-0.2, 0) is 0 Å². The number of hydrogen-bond acceptors (Lipinski definition) is 11. The van der Waals surface area contributed by atoms with Crippen molar-refractivity contribution < 1.29 is 18.7 Å². The van der Waals surface area contributed by atoms with E-state index in [-0.39, 0.29) is 17.6 Å². The second kappa shape index (κ2) is 21.1. The lowest BCUT2D eigenvalue weighted by Gasteiger charge is -2.22. The lowest BCUT2D eigenvalue weighted by atomic mass is 10.0. The van der Waals surface area contributed by atoms with Gasteiger partial charge in [-0.15, -0.1) is 5.10 Å². The van der Waals surface area contributed by atoms with E-state index in [1.54, 1.807) is 22.8 Å². The summed E-state index contributed by atoms with van der Waals surface area (Å²) in [5, 5.41) is 22.7. The molecule has 7 aromatic rings. The van der Waals surface area contributed by atoms with Crippen molar-refractivity contribution in [1.82, 2.24) is 39.8 Å². The summed E-state index contributed by atoms with van der Waals surface area (Å²) in [6, 6.07) is 22.1. The number of benzene rings is 3. The van der Waals surface area contributed by atoms with E-state index in [0.29, 0.717) is 46.8 Å². The molecule has 3 aromatic carbocycles. The highest BCUT2D eigenvalue weighted by Crippen LogP contribution is 2.33. The third-order valence-corrected chi connectivity index (χ3v) is 15.6. The summed E-state index contributed by atoms with van der Waals surface area (Å²) in [6.45, 7) is 5.73. The molecule has 0 spiro atoms. The maximum absolute atomic E-state index is 13.4. The predicted molar refractivity (Wildman–Crippen MR) is 279 cm³/mol. The summed E-state index contributed by atoms with van der Waals surface area (Å²) in [7, 11) is 0. The van der Waals surface area contributed by atoms with Crippen LogP contribution in [0.5, 0.6) is 11.6 Å². The number of anilines is 2. The van der Waals surface area contributed by atoms with Gasteiger partial charge in [-0.05, 0) is 182 Å². The number of carbonyl (C=O) groups is 2. The Kier molecular flexibility index (Phi) is 14.4. The molecule has 13 nitrogen and oxygen atoms in total. The molecule has 358 valence electrons. The van der Waals surface area contributed by atoms with Gasteiger partial charge in [0.15, 0.2) is 11.3 Å². The number of nitrogens with one attached hydrogen (secondary N) is 4. The molecule has 0 atom stereocenters. The first-order valence-electron chi connectivity index (χ1n) is 24.0. The molecule has 6 heterocycles. The summed E-state index contributed by atoms with van der Waals surface area (Å²) >= 11 is 7.62. The van der Waals surface area contributed by atoms with Crippen molar-refractivity contribution in [3.63, 3.8) is 0 Å². The highest BCUT2D eigenvalue weighted by Gasteiger charge is 2.26. The summed E-state index contributed by atoms with van der Waals surface area (Å²) < 4.78 is 23.9. The lowest BCUT2D eigenvalue weighted by molar-refractivity contribution is 0.0942. The molecule has 2 amide bonds. The Balaban J connectivity index is 0.000000164. The number of hydrogen-bond donors (Lipinski definition) is 4. The number of thioether (sulfide) groups is 2. The summed E-state index contributed by atoms with van der Waals surface area (Å²) in [5.74, 6) is 6.74. The van der Waals surface area contributed by atoms with E-state index < -0.39 is 0 Å². The Labute approximate surface area is 418 Å². The molecule has 4 aliphatic rings. The Morgan fingerprint density at radius 1 is 0.652 bits per heavy atom. The largest absolute Gasteiger partial charge is 0.438 e. The smallest absolute Gasteiger partial charge is 0.251 e. The second-order valence-electron chi connectivity index (χ2n) is 18.5. The van der Waals surface area contributed by atoms with Gasteiger partial charge in [-0.3, -0.25) is 9.59 Å².